The number of benzene rings is 1. The number of halogens is 1. The highest BCUT2D eigenvalue weighted by molar-refractivity contribution is 8.00. The lowest BCUT2D eigenvalue weighted by atomic mass is 9.87. The summed E-state index contributed by atoms with van der Waals surface area (Å²) in [6.07, 6.45) is 1.00. The number of hydrogen-bond donors (Lipinski definition) is 1. The van der Waals surface area contributed by atoms with E-state index < -0.39 is 0 Å². The quantitative estimate of drug-likeness (QED) is 0.811. The van der Waals surface area contributed by atoms with Crippen LogP contribution in [0, 0.1) is 5.41 Å². The van der Waals surface area contributed by atoms with Crippen LogP contribution in [-0.2, 0) is 0 Å². The minimum absolute atomic E-state index is 0.194. The summed E-state index contributed by atoms with van der Waals surface area (Å²) in [7, 11) is 0. The van der Waals surface area contributed by atoms with Crippen LogP contribution in [0.3, 0.4) is 0 Å². The molecule has 3 heteroatoms. The summed E-state index contributed by atoms with van der Waals surface area (Å²) < 4.78 is 0. The smallest absolute Gasteiger partial charge is 0.0406 e. The largest absolute Gasteiger partial charge is 0.327 e. The Morgan fingerprint density at radius 1 is 1.24 bits per heavy atom. The maximum Gasteiger partial charge on any atom is 0.0406 e. The van der Waals surface area contributed by atoms with Crippen LogP contribution in [0.25, 0.3) is 0 Å². The maximum atomic E-state index is 6.23. The first-order valence-electron chi connectivity index (χ1n) is 6.02. The van der Waals surface area contributed by atoms with E-state index in [4.69, 9.17) is 17.3 Å². The highest BCUT2D eigenvalue weighted by Gasteiger charge is 2.30. The summed E-state index contributed by atoms with van der Waals surface area (Å²) in [4.78, 5) is 1.23. The van der Waals surface area contributed by atoms with Gasteiger partial charge in [-0.15, -0.1) is 11.8 Å². The molecule has 0 aliphatic carbocycles. The van der Waals surface area contributed by atoms with Crippen molar-refractivity contribution in [2.24, 2.45) is 11.1 Å². The van der Waals surface area contributed by atoms with Gasteiger partial charge in [-0.05, 0) is 36.1 Å². The molecule has 1 nitrogen and oxygen atoms in total. The van der Waals surface area contributed by atoms with E-state index in [1.54, 1.807) is 0 Å². The molecule has 0 radical (unpaired) electrons. The summed E-state index contributed by atoms with van der Waals surface area (Å²) in [5.74, 6) is 0. The number of thioether (sulfide) groups is 1. The normalized spacial score (nSPS) is 15.6. The molecule has 96 valence electrons. The van der Waals surface area contributed by atoms with E-state index in [0.717, 1.165) is 11.4 Å². The van der Waals surface area contributed by atoms with Crippen LogP contribution in [-0.4, -0.2) is 11.3 Å². The Kier molecular flexibility index (Phi) is 5.36. The third-order valence-corrected chi connectivity index (χ3v) is 4.90. The van der Waals surface area contributed by atoms with Crippen LogP contribution in [0.1, 0.15) is 34.1 Å². The zero-order valence-electron chi connectivity index (χ0n) is 11.0. The van der Waals surface area contributed by atoms with Gasteiger partial charge in [-0.2, -0.15) is 0 Å². The van der Waals surface area contributed by atoms with Crippen molar-refractivity contribution in [2.45, 2.75) is 50.3 Å². The molecule has 1 aromatic carbocycles. The molecule has 0 saturated heterocycles. The molecule has 0 heterocycles. The molecule has 0 aromatic heterocycles. The van der Waals surface area contributed by atoms with Gasteiger partial charge < -0.3 is 5.73 Å². The molecule has 2 unspecified atom stereocenters. The minimum Gasteiger partial charge on any atom is -0.327 e. The lowest BCUT2D eigenvalue weighted by molar-refractivity contribution is 0.350. The summed E-state index contributed by atoms with van der Waals surface area (Å²) in [5.41, 5.74) is 6.43. The van der Waals surface area contributed by atoms with Crippen molar-refractivity contribution in [1.82, 2.24) is 0 Å². The zero-order chi connectivity index (χ0) is 13.1. The molecule has 0 amide bonds. The van der Waals surface area contributed by atoms with Crippen molar-refractivity contribution in [1.29, 1.82) is 0 Å². The van der Waals surface area contributed by atoms with Crippen molar-refractivity contribution < 1.29 is 0 Å². The van der Waals surface area contributed by atoms with Gasteiger partial charge in [0.05, 0.1) is 0 Å². The van der Waals surface area contributed by atoms with E-state index >= 15 is 0 Å². The fraction of sp³-hybridized carbons (Fsp3) is 0.571. The van der Waals surface area contributed by atoms with Gasteiger partial charge in [0.15, 0.2) is 0 Å². The first-order chi connectivity index (χ1) is 7.84. The van der Waals surface area contributed by atoms with Crippen molar-refractivity contribution in [3.8, 4) is 0 Å². The van der Waals surface area contributed by atoms with Crippen LogP contribution in [0.4, 0.5) is 0 Å². The Bertz CT molecular complexity index is 342. The summed E-state index contributed by atoms with van der Waals surface area (Å²) in [6.45, 7) is 8.88. The summed E-state index contributed by atoms with van der Waals surface area (Å²) in [5, 5.41) is 1.19. The number of nitrogens with two attached hydrogens (primary N) is 1. The van der Waals surface area contributed by atoms with Gasteiger partial charge in [0, 0.05) is 21.2 Å². The molecule has 0 bridgehead atoms. The van der Waals surface area contributed by atoms with Gasteiger partial charge in [0.1, 0.15) is 0 Å². The standard InChI is InChI=1S/C14H22ClNS/c1-5-12(16)13(14(2,3)4)17-11-8-6-10(15)7-9-11/h6-9,12-13H,5,16H2,1-4H3. The predicted octanol–water partition coefficient (Wildman–Crippen LogP) is 4.58. The van der Waals surface area contributed by atoms with Crippen molar-refractivity contribution >= 4 is 23.4 Å². The average Bonchev–Trinajstić information content (AvgIpc) is 2.25. The SMILES string of the molecule is CCC(N)C(Sc1ccc(Cl)cc1)C(C)(C)C. The van der Waals surface area contributed by atoms with E-state index in [2.05, 4.69) is 39.8 Å². The van der Waals surface area contributed by atoms with Crippen LogP contribution in [0.2, 0.25) is 5.02 Å². The zero-order valence-corrected chi connectivity index (χ0v) is 12.6. The molecule has 2 N–H and O–H groups in total. The molecule has 0 fully saturated rings. The van der Waals surface area contributed by atoms with Crippen LogP contribution in [0.5, 0.6) is 0 Å². The lowest BCUT2D eigenvalue weighted by Gasteiger charge is -2.34. The van der Waals surface area contributed by atoms with Gasteiger partial charge in [0.25, 0.3) is 0 Å². The highest BCUT2D eigenvalue weighted by Crippen LogP contribution is 2.37. The van der Waals surface area contributed by atoms with Gasteiger partial charge in [0.2, 0.25) is 0 Å². The van der Waals surface area contributed by atoms with Crippen molar-refractivity contribution in [2.75, 3.05) is 0 Å². The van der Waals surface area contributed by atoms with Gasteiger partial charge >= 0.3 is 0 Å². The third kappa shape index (κ3) is 4.53. The second kappa shape index (κ2) is 6.12. The minimum atomic E-state index is 0.194. The Labute approximate surface area is 114 Å². The van der Waals surface area contributed by atoms with Crippen molar-refractivity contribution in [3.63, 3.8) is 0 Å². The molecular formula is C14H22ClNS. The first kappa shape index (κ1) is 14.9. The molecule has 0 aliphatic rings. The van der Waals surface area contributed by atoms with Crippen molar-refractivity contribution in [3.05, 3.63) is 29.3 Å². The third-order valence-electron chi connectivity index (χ3n) is 2.79. The Morgan fingerprint density at radius 2 is 1.76 bits per heavy atom. The molecule has 1 aromatic rings. The molecule has 17 heavy (non-hydrogen) atoms. The van der Waals surface area contributed by atoms with E-state index in [9.17, 15) is 0 Å². The molecule has 1 rings (SSSR count). The Morgan fingerprint density at radius 3 is 2.18 bits per heavy atom. The van der Waals surface area contributed by atoms with Gasteiger partial charge in [-0.3, -0.25) is 0 Å². The summed E-state index contributed by atoms with van der Waals surface area (Å²) in [6, 6.07) is 8.21. The second-order valence-electron chi connectivity index (χ2n) is 5.43. The highest BCUT2D eigenvalue weighted by atomic mass is 35.5. The van der Waals surface area contributed by atoms with E-state index in [1.165, 1.54) is 4.90 Å². The first-order valence-corrected chi connectivity index (χ1v) is 7.28. The predicted molar refractivity (Wildman–Crippen MR) is 78.8 cm³/mol. The molecule has 0 spiro atoms. The van der Waals surface area contributed by atoms with Crippen LogP contribution >= 0.6 is 23.4 Å². The molecular weight excluding hydrogens is 250 g/mol. The van der Waals surface area contributed by atoms with E-state index in [0.29, 0.717) is 5.25 Å². The molecule has 2 atom stereocenters. The van der Waals surface area contributed by atoms with Gasteiger partial charge in [-0.25, -0.2) is 0 Å². The van der Waals surface area contributed by atoms with Gasteiger partial charge in [-0.1, -0.05) is 39.3 Å². The monoisotopic (exact) mass is 271 g/mol. The fourth-order valence-corrected chi connectivity index (χ4v) is 3.21. The second-order valence-corrected chi connectivity index (χ2v) is 7.08. The van der Waals surface area contributed by atoms with Crippen LogP contribution in [0.15, 0.2) is 29.2 Å². The topological polar surface area (TPSA) is 26.0 Å². The average molecular weight is 272 g/mol. The summed E-state index contributed by atoms with van der Waals surface area (Å²) >= 11 is 7.75. The lowest BCUT2D eigenvalue weighted by Crippen LogP contribution is -2.40. The van der Waals surface area contributed by atoms with E-state index in [-0.39, 0.29) is 11.5 Å². The Hall–Kier alpha value is -0.180. The molecule has 0 saturated carbocycles. The van der Waals surface area contributed by atoms with Crippen LogP contribution < -0.4 is 5.73 Å². The number of hydrogen-bond acceptors (Lipinski definition) is 2. The Balaban J connectivity index is 2.83. The number of rotatable bonds is 4. The molecule has 0 aliphatic heterocycles. The maximum absolute atomic E-state index is 6.23. The van der Waals surface area contributed by atoms with E-state index in [1.807, 2.05) is 23.9 Å². The fourth-order valence-electron chi connectivity index (χ4n) is 1.78.